The van der Waals surface area contributed by atoms with Gasteiger partial charge in [0.15, 0.2) is 0 Å². The van der Waals surface area contributed by atoms with E-state index in [4.69, 9.17) is 11.6 Å². The van der Waals surface area contributed by atoms with Gasteiger partial charge in [-0.25, -0.2) is 0 Å². The molecular formula is C14H11ClF3N3. The lowest BCUT2D eigenvalue weighted by Crippen LogP contribution is -2.30. The van der Waals surface area contributed by atoms with Crippen molar-refractivity contribution in [2.75, 3.05) is 18.1 Å². The van der Waals surface area contributed by atoms with Crippen LogP contribution >= 0.6 is 11.6 Å². The molecule has 0 bridgehead atoms. The predicted octanol–water partition coefficient (Wildman–Crippen LogP) is 3.94. The second-order valence-electron chi connectivity index (χ2n) is 4.74. The van der Waals surface area contributed by atoms with Crippen molar-refractivity contribution in [2.45, 2.75) is 12.6 Å². The molecule has 0 N–H and O–H groups in total. The van der Waals surface area contributed by atoms with Gasteiger partial charge in [0.25, 0.3) is 0 Å². The van der Waals surface area contributed by atoms with Crippen molar-refractivity contribution in [1.29, 1.82) is 0 Å². The zero-order valence-corrected chi connectivity index (χ0v) is 11.6. The van der Waals surface area contributed by atoms with E-state index in [-0.39, 0.29) is 5.02 Å². The highest BCUT2D eigenvalue weighted by Crippen LogP contribution is 2.37. The molecule has 1 aromatic carbocycles. The van der Waals surface area contributed by atoms with E-state index in [1.807, 2.05) is 11.1 Å². The lowest BCUT2D eigenvalue weighted by atomic mass is 10.1. The Hall–Kier alpha value is -1.82. The van der Waals surface area contributed by atoms with Gasteiger partial charge in [0, 0.05) is 30.2 Å². The SMILES string of the molecule is FC(F)(F)c1ccc(N2CN=CC3=C2CN=CC3)cc1Cl. The quantitative estimate of drug-likeness (QED) is 0.772. The number of allylic oxidation sites excluding steroid dienone is 1. The van der Waals surface area contributed by atoms with Crippen molar-refractivity contribution in [3.63, 3.8) is 0 Å². The summed E-state index contributed by atoms with van der Waals surface area (Å²) >= 11 is 5.78. The summed E-state index contributed by atoms with van der Waals surface area (Å²) in [4.78, 5) is 10.3. The third-order valence-electron chi connectivity index (χ3n) is 3.42. The molecule has 0 unspecified atom stereocenters. The molecule has 0 saturated heterocycles. The first-order valence-electron chi connectivity index (χ1n) is 6.31. The van der Waals surface area contributed by atoms with Gasteiger partial charge < -0.3 is 4.90 Å². The molecule has 2 heterocycles. The van der Waals surface area contributed by atoms with Crippen LogP contribution in [-0.4, -0.2) is 25.6 Å². The third kappa shape index (κ3) is 2.68. The van der Waals surface area contributed by atoms with Crippen molar-refractivity contribution in [1.82, 2.24) is 0 Å². The highest BCUT2D eigenvalue weighted by molar-refractivity contribution is 6.31. The molecule has 0 saturated carbocycles. The predicted molar refractivity (Wildman–Crippen MR) is 77.3 cm³/mol. The fourth-order valence-electron chi connectivity index (χ4n) is 2.38. The summed E-state index contributed by atoms with van der Waals surface area (Å²) in [6.45, 7) is 0.857. The summed E-state index contributed by atoms with van der Waals surface area (Å²) < 4.78 is 38.2. The molecule has 2 aliphatic rings. The van der Waals surface area contributed by atoms with Gasteiger partial charge in [-0.2, -0.15) is 13.2 Å². The molecular weight excluding hydrogens is 303 g/mol. The van der Waals surface area contributed by atoms with E-state index in [2.05, 4.69) is 9.98 Å². The zero-order chi connectivity index (χ0) is 15.0. The first kappa shape index (κ1) is 14.1. The first-order chi connectivity index (χ1) is 9.97. The van der Waals surface area contributed by atoms with E-state index in [1.165, 1.54) is 12.1 Å². The van der Waals surface area contributed by atoms with E-state index < -0.39 is 11.7 Å². The summed E-state index contributed by atoms with van der Waals surface area (Å²) in [7, 11) is 0. The van der Waals surface area contributed by atoms with Crippen molar-refractivity contribution in [2.24, 2.45) is 9.98 Å². The minimum atomic E-state index is -4.45. The summed E-state index contributed by atoms with van der Waals surface area (Å²) in [5.74, 6) is 0. The molecule has 0 spiro atoms. The van der Waals surface area contributed by atoms with Gasteiger partial charge in [-0.05, 0) is 23.8 Å². The maximum absolute atomic E-state index is 12.7. The smallest absolute Gasteiger partial charge is 0.323 e. The highest BCUT2D eigenvalue weighted by atomic mass is 35.5. The molecule has 21 heavy (non-hydrogen) atoms. The normalized spacial score (nSPS) is 18.2. The molecule has 110 valence electrons. The van der Waals surface area contributed by atoms with Gasteiger partial charge >= 0.3 is 6.18 Å². The van der Waals surface area contributed by atoms with Gasteiger partial charge in [-0.15, -0.1) is 0 Å². The molecule has 0 aliphatic carbocycles. The number of benzene rings is 1. The van der Waals surface area contributed by atoms with E-state index in [0.29, 0.717) is 25.3 Å². The molecule has 0 radical (unpaired) electrons. The summed E-state index contributed by atoms with van der Waals surface area (Å²) in [6.07, 6.45) is -0.157. The second-order valence-corrected chi connectivity index (χ2v) is 5.15. The van der Waals surface area contributed by atoms with Crippen molar-refractivity contribution >= 4 is 29.7 Å². The Morgan fingerprint density at radius 2 is 2.00 bits per heavy atom. The highest BCUT2D eigenvalue weighted by Gasteiger charge is 2.33. The Kier molecular flexibility index (Phi) is 3.49. The van der Waals surface area contributed by atoms with Crippen LogP contribution in [0.25, 0.3) is 0 Å². The van der Waals surface area contributed by atoms with E-state index >= 15 is 0 Å². The Morgan fingerprint density at radius 1 is 1.19 bits per heavy atom. The van der Waals surface area contributed by atoms with Crippen LogP contribution in [0.4, 0.5) is 18.9 Å². The molecule has 1 aromatic rings. The monoisotopic (exact) mass is 313 g/mol. The number of anilines is 1. The Balaban J connectivity index is 1.96. The van der Waals surface area contributed by atoms with Crippen LogP contribution in [0.5, 0.6) is 0 Å². The molecule has 2 aliphatic heterocycles. The molecule has 7 heteroatoms. The average molecular weight is 314 g/mol. The van der Waals surface area contributed by atoms with Gasteiger partial charge in [-0.3, -0.25) is 9.98 Å². The van der Waals surface area contributed by atoms with Crippen molar-refractivity contribution in [3.8, 4) is 0 Å². The Labute approximate surface area is 124 Å². The number of rotatable bonds is 1. The van der Waals surface area contributed by atoms with Crippen LogP contribution in [0.15, 0.2) is 39.5 Å². The van der Waals surface area contributed by atoms with Crippen LogP contribution < -0.4 is 4.90 Å². The maximum Gasteiger partial charge on any atom is 0.417 e. The maximum atomic E-state index is 12.7. The fraction of sp³-hybridized carbons (Fsp3) is 0.286. The number of nitrogens with zero attached hydrogens (tertiary/aromatic N) is 3. The number of halogens is 4. The zero-order valence-electron chi connectivity index (χ0n) is 10.9. The topological polar surface area (TPSA) is 28.0 Å². The molecule has 0 atom stereocenters. The van der Waals surface area contributed by atoms with E-state index in [1.54, 1.807) is 6.21 Å². The number of aliphatic imine (C=N–C) groups is 2. The summed E-state index contributed by atoms with van der Waals surface area (Å²) in [6, 6.07) is 3.74. The standard InChI is InChI=1S/C14H11ClF3N3/c15-12-5-10(1-2-11(12)14(16,17)18)21-8-20-6-9-3-4-19-7-13(9)21/h1-2,4-6H,3,7-8H2. The minimum absolute atomic E-state index is 0.309. The van der Waals surface area contributed by atoms with Gasteiger partial charge in [0.05, 0.1) is 17.1 Å². The van der Waals surface area contributed by atoms with E-state index in [0.717, 1.165) is 17.3 Å². The fourth-order valence-corrected chi connectivity index (χ4v) is 2.66. The van der Waals surface area contributed by atoms with Crippen LogP contribution in [-0.2, 0) is 6.18 Å². The largest absolute Gasteiger partial charge is 0.417 e. The Bertz CT molecular complexity index is 662. The number of dihydropyridines is 1. The molecule has 3 rings (SSSR count). The number of hydrogen-bond acceptors (Lipinski definition) is 3. The van der Waals surface area contributed by atoms with E-state index in [9.17, 15) is 13.2 Å². The lowest BCUT2D eigenvalue weighted by molar-refractivity contribution is -0.137. The number of hydrogen-bond donors (Lipinski definition) is 0. The number of alkyl halides is 3. The van der Waals surface area contributed by atoms with Crippen LogP contribution in [0, 0.1) is 0 Å². The minimum Gasteiger partial charge on any atom is -0.323 e. The second kappa shape index (κ2) is 5.18. The van der Waals surface area contributed by atoms with Gasteiger partial charge in [0.1, 0.15) is 6.67 Å². The van der Waals surface area contributed by atoms with Gasteiger partial charge in [-0.1, -0.05) is 11.6 Å². The Morgan fingerprint density at radius 3 is 2.71 bits per heavy atom. The van der Waals surface area contributed by atoms with Crippen LogP contribution in [0.2, 0.25) is 5.02 Å². The summed E-state index contributed by atoms with van der Waals surface area (Å²) in [5, 5.41) is -0.309. The first-order valence-corrected chi connectivity index (χ1v) is 6.69. The molecule has 0 aromatic heterocycles. The lowest BCUT2D eigenvalue weighted by Gasteiger charge is -2.31. The third-order valence-corrected chi connectivity index (χ3v) is 3.73. The molecule has 0 fully saturated rings. The molecule has 3 nitrogen and oxygen atoms in total. The summed E-state index contributed by atoms with van der Waals surface area (Å²) in [5.41, 5.74) is 1.76. The molecule has 0 amide bonds. The van der Waals surface area contributed by atoms with Gasteiger partial charge in [0.2, 0.25) is 0 Å². The van der Waals surface area contributed by atoms with Crippen molar-refractivity contribution in [3.05, 3.63) is 40.1 Å². The van der Waals surface area contributed by atoms with Crippen molar-refractivity contribution < 1.29 is 13.2 Å². The van der Waals surface area contributed by atoms with Crippen LogP contribution in [0.1, 0.15) is 12.0 Å². The van der Waals surface area contributed by atoms with Crippen LogP contribution in [0.3, 0.4) is 0 Å². The average Bonchev–Trinajstić information content (AvgIpc) is 2.45.